The summed E-state index contributed by atoms with van der Waals surface area (Å²) in [5, 5.41) is 2.21. The molecule has 0 spiro atoms. The third-order valence-corrected chi connectivity index (χ3v) is 3.71. The molecule has 1 aromatic rings. The fourth-order valence-corrected chi connectivity index (χ4v) is 2.54. The number of amidine groups is 1. The Morgan fingerprint density at radius 1 is 1.35 bits per heavy atom. The molecule has 1 aliphatic rings. The minimum Gasteiger partial charge on any atom is -0.378 e. The van der Waals surface area contributed by atoms with Crippen LogP contribution in [0.4, 0.5) is 5.69 Å². The van der Waals surface area contributed by atoms with Crippen LogP contribution in [-0.2, 0) is 9.59 Å². The van der Waals surface area contributed by atoms with E-state index in [0.29, 0.717) is 11.3 Å². The Labute approximate surface area is 119 Å². The van der Waals surface area contributed by atoms with Crippen LogP contribution in [0.15, 0.2) is 29.3 Å². The van der Waals surface area contributed by atoms with Gasteiger partial charge >= 0.3 is 0 Å². The molecule has 0 aliphatic carbocycles. The first-order valence-electron chi connectivity index (χ1n) is 5.91. The maximum atomic E-state index is 12.0. The highest BCUT2D eigenvalue weighted by Gasteiger charge is 2.27. The Morgan fingerprint density at radius 3 is 2.55 bits per heavy atom. The van der Waals surface area contributed by atoms with Crippen molar-refractivity contribution in [1.29, 1.82) is 0 Å². The summed E-state index contributed by atoms with van der Waals surface area (Å²) in [7, 11) is 0. The van der Waals surface area contributed by atoms with Gasteiger partial charge in [0.1, 0.15) is 5.25 Å². The van der Waals surface area contributed by atoms with Crippen LogP contribution < -0.4 is 11.1 Å². The first-order chi connectivity index (χ1) is 9.45. The number of thioether (sulfide) groups is 1. The molecular formula is C13H13N3O3S. The van der Waals surface area contributed by atoms with Gasteiger partial charge in [0.2, 0.25) is 11.8 Å². The number of carbonyl (C=O) groups excluding carboxylic acids is 3. The van der Waals surface area contributed by atoms with Crippen molar-refractivity contribution < 1.29 is 14.4 Å². The van der Waals surface area contributed by atoms with Crippen LogP contribution in [0.2, 0.25) is 0 Å². The van der Waals surface area contributed by atoms with E-state index in [1.807, 2.05) is 0 Å². The Bertz CT molecular complexity index is 595. The average Bonchev–Trinajstić information content (AvgIpc) is 2.38. The molecule has 1 unspecified atom stereocenters. The zero-order chi connectivity index (χ0) is 14.7. The van der Waals surface area contributed by atoms with Gasteiger partial charge in [0.25, 0.3) is 0 Å². The smallest absolute Gasteiger partial charge is 0.249 e. The number of nitrogens with zero attached hydrogens (tertiary/aromatic N) is 1. The molecule has 0 bridgehead atoms. The second-order valence-electron chi connectivity index (χ2n) is 4.28. The SMILES string of the molecule is CC(=O)c1ccc(NC(=O)C2CC(=O)N=C(N)S2)cc1. The number of carbonyl (C=O) groups is 3. The maximum Gasteiger partial charge on any atom is 0.249 e. The number of aliphatic imine (C=N–C) groups is 1. The number of benzene rings is 1. The van der Waals surface area contributed by atoms with Gasteiger partial charge in [0.05, 0.1) is 6.42 Å². The summed E-state index contributed by atoms with van der Waals surface area (Å²) < 4.78 is 0. The van der Waals surface area contributed by atoms with Crippen LogP contribution in [-0.4, -0.2) is 28.0 Å². The van der Waals surface area contributed by atoms with E-state index in [1.165, 1.54) is 6.92 Å². The van der Waals surface area contributed by atoms with Gasteiger partial charge in [0.15, 0.2) is 11.0 Å². The number of hydrogen-bond donors (Lipinski definition) is 2. The molecule has 0 aromatic heterocycles. The molecule has 7 heteroatoms. The molecule has 1 aromatic carbocycles. The van der Waals surface area contributed by atoms with Gasteiger partial charge in [-0.1, -0.05) is 11.8 Å². The molecule has 0 saturated carbocycles. The standard InChI is InChI=1S/C13H13N3O3S/c1-7(17)8-2-4-9(5-3-8)15-12(19)10-6-11(18)16-13(14)20-10/h2-5,10H,6H2,1H3,(H,15,19)(H2,14,16,18). The lowest BCUT2D eigenvalue weighted by Gasteiger charge is -2.17. The van der Waals surface area contributed by atoms with E-state index in [-0.39, 0.29) is 23.3 Å². The minimum absolute atomic E-state index is 0.0305. The predicted molar refractivity (Wildman–Crippen MR) is 77.7 cm³/mol. The van der Waals surface area contributed by atoms with Gasteiger partial charge in [-0.15, -0.1) is 0 Å². The molecule has 1 atom stereocenters. The average molecular weight is 291 g/mol. The Hall–Kier alpha value is -2.15. The zero-order valence-electron chi connectivity index (χ0n) is 10.8. The lowest BCUT2D eigenvalue weighted by atomic mass is 10.1. The summed E-state index contributed by atoms with van der Waals surface area (Å²) in [6.45, 7) is 1.47. The first-order valence-corrected chi connectivity index (χ1v) is 6.79. The van der Waals surface area contributed by atoms with Crippen molar-refractivity contribution in [3.8, 4) is 0 Å². The first kappa shape index (κ1) is 14.3. The van der Waals surface area contributed by atoms with Gasteiger partial charge in [-0.3, -0.25) is 14.4 Å². The molecule has 20 heavy (non-hydrogen) atoms. The van der Waals surface area contributed by atoms with E-state index in [9.17, 15) is 14.4 Å². The highest BCUT2D eigenvalue weighted by Crippen LogP contribution is 2.22. The number of nitrogens with one attached hydrogen (secondary N) is 1. The van der Waals surface area contributed by atoms with Gasteiger partial charge in [0, 0.05) is 11.3 Å². The van der Waals surface area contributed by atoms with Crippen LogP contribution in [0.5, 0.6) is 0 Å². The van der Waals surface area contributed by atoms with Crippen molar-refractivity contribution in [2.24, 2.45) is 10.7 Å². The van der Waals surface area contributed by atoms with Gasteiger partial charge < -0.3 is 11.1 Å². The number of ketones is 1. The Morgan fingerprint density at radius 2 is 2.00 bits per heavy atom. The maximum absolute atomic E-state index is 12.0. The molecule has 0 fully saturated rings. The van der Waals surface area contributed by atoms with E-state index in [1.54, 1.807) is 24.3 Å². The number of anilines is 1. The Kier molecular flexibility index (Phi) is 4.19. The lowest BCUT2D eigenvalue weighted by Crippen LogP contribution is -2.33. The van der Waals surface area contributed by atoms with Gasteiger partial charge in [-0.2, -0.15) is 4.99 Å². The number of amides is 2. The molecule has 2 rings (SSSR count). The third-order valence-electron chi connectivity index (χ3n) is 2.71. The molecular weight excluding hydrogens is 278 g/mol. The van der Waals surface area contributed by atoms with Gasteiger partial charge in [-0.05, 0) is 31.2 Å². The van der Waals surface area contributed by atoms with E-state index in [2.05, 4.69) is 10.3 Å². The highest BCUT2D eigenvalue weighted by atomic mass is 32.2. The van der Waals surface area contributed by atoms with Gasteiger partial charge in [-0.25, -0.2) is 0 Å². The summed E-state index contributed by atoms with van der Waals surface area (Å²) in [6.07, 6.45) is 0.0305. The summed E-state index contributed by atoms with van der Waals surface area (Å²) in [6, 6.07) is 6.54. The number of Topliss-reactive ketones (excluding diaryl/α,β-unsaturated/α-hetero) is 1. The number of nitrogens with two attached hydrogens (primary N) is 1. The molecule has 1 heterocycles. The predicted octanol–water partition coefficient (Wildman–Crippen LogP) is 1.17. The molecule has 2 amide bonds. The normalized spacial score (nSPS) is 18.4. The Balaban J connectivity index is 2.03. The largest absolute Gasteiger partial charge is 0.378 e. The van der Waals surface area contributed by atoms with Crippen molar-refractivity contribution in [2.75, 3.05) is 5.32 Å². The van der Waals surface area contributed by atoms with Crippen LogP contribution in [0.25, 0.3) is 0 Å². The van der Waals surface area contributed by atoms with Crippen LogP contribution >= 0.6 is 11.8 Å². The molecule has 0 saturated heterocycles. The summed E-state index contributed by atoms with van der Waals surface area (Å²) >= 11 is 1.07. The van der Waals surface area contributed by atoms with E-state index in [0.717, 1.165) is 11.8 Å². The minimum atomic E-state index is -0.576. The summed E-state index contributed by atoms with van der Waals surface area (Å²) in [4.78, 5) is 38.0. The van der Waals surface area contributed by atoms with E-state index in [4.69, 9.17) is 5.73 Å². The number of rotatable bonds is 3. The molecule has 6 nitrogen and oxygen atoms in total. The topological polar surface area (TPSA) is 102 Å². The monoisotopic (exact) mass is 291 g/mol. The second-order valence-corrected chi connectivity index (χ2v) is 5.50. The quantitative estimate of drug-likeness (QED) is 0.814. The van der Waals surface area contributed by atoms with Crippen molar-refractivity contribution in [3.63, 3.8) is 0 Å². The number of hydrogen-bond acceptors (Lipinski definition) is 5. The van der Waals surface area contributed by atoms with Crippen molar-refractivity contribution in [2.45, 2.75) is 18.6 Å². The third kappa shape index (κ3) is 3.45. The zero-order valence-corrected chi connectivity index (χ0v) is 11.6. The van der Waals surface area contributed by atoms with E-state index < -0.39 is 11.2 Å². The van der Waals surface area contributed by atoms with Crippen molar-refractivity contribution in [1.82, 2.24) is 0 Å². The summed E-state index contributed by atoms with van der Waals surface area (Å²) in [5.41, 5.74) is 6.61. The molecule has 3 N–H and O–H groups in total. The fraction of sp³-hybridized carbons (Fsp3) is 0.231. The van der Waals surface area contributed by atoms with Crippen molar-refractivity contribution in [3.05, 3.63) is 29.8 Å². The molecule has 104 valence electrons. The molecule has 0 radical (unpaired) electrons. The van der Waals surface area contributed by atoms with Crippen LogP contribution in [0.3, 0.4) is 0 Å². The van der Waals surface area contributed by atoms with Crippen LogP contribution in [0.1, 0.15) is 23.7 Å². The summed E-state index contributed by atoms with van der Waals surface area (Å²) in [5.74, 6) is -0.745. The fourth-order valence-electron chi connectivity index (χ4n) is 1.70. The van der Waals surface area contributed by atoms with E-state index >= 15 is 0 Å². The van der Waals surface area contributed by atoms with Crippen molar-refractivity contribution >= 4 is 40.2 Å². The highest BCUT2D eigenvalue weighted by molar-refractivity contribution is 8.15. The lowest BCUT2D eigenvalue weighted by molar-refractivity contribution is -0.121. The second kappa shape index (κ2) is 5.87. The molecule has 1 aliphatic heterocycles. The van der Waals surface area contributed by atoms with Crippen LogP contribution in [0, 0.1) is 0 Å².